The van der Waals surface area contributed by atoms with Gasteiger partial charge in [-0.2, -0.15) is 0 Å². The van der Waals surface area contributed by atoms with E-state index in [0.29, 0.717) is 0 Å². The van der Waals surface area contributed by atoms with Crippen LogP contribution < -0.4 is 4.90 Å². The first-order valence-corrected chi connectivity index (χ1v) is 5.56. The van der Waals surface area contributed by atoms with Gasteiger partial charge in [0.25, 0.3) is 0 Å². The van der Waals surface area contributed by atoms with Crippen molar-refractivity contribution in [1.82, 2.24) is 0 Å². The molecule has 0 fully saturated rings. The molecule has 86 valence electrons. The molecule has 0 spiro atoms. The molecule has 1 rings (SSSR count). The Hall–Kier alpha value is -1.70. The molecular weight excluding hydrogens is 198 g/mol. The van der Waals surface area contributed by atoms with E-state index in [1.807, 2.05) is 30.5 Å². The maximum Gasteiger partial charge on any atom is 0.115 e. The van der Waals surface area contributed by atoms with Crippen molar-refractivity contribution < 1.29 is 5.11 Å². The SMILES string of the molecule is C=CN(CCCC)c1ccc(C(=C)O)cc1. The van der Waals surface area contributed by atoms with Crippen LogP contribution in [0, 0.1) is 0 Å². The molecule has 0 aromatic heterocycles. The molecule has 0 atom stereocenters. The summed E-state index contributed by atoms with van der Waals surface area (Å²) in [7, 11) is 0. The van der Waals surface area contributed by atoms with E-state index in [2.05, 4.69) is 25.0 Å². The predicted octanol–water partition coefficient (Wildman–Crippen LogP) is 3.97. The number of unbranched alkanes of at least 4 members (excludes halogenated alkanes) is 1. The highest BCUT2D eigenvalue weighted by molar-refractivity contribution is 5.60. The van der Waals surface area contributed by atoms with Gasteiger partial charge in [-0.15, -0.1) is 0 Å². The maximum absolute atomic E-state index is 9.22. The summed E-state index contributed by atoms with van der Waals surface area (Å²) >= 11 is 0. The van der Waals surface area contributed by atoms with E-state index < -0.39 is 0 Å². The van der Waals surface area contributed by atoms with E-state index in [4.69, 9.17) is 0 Å². The van der Waals surface area contributed by atoms with Gasteiger partial charge in [-0.3, -0.25) is 0 Å². The summed E-state index contributed by atoms with van der Waals surface area (Å²) in [6.45, 7) is 10.4. The second-order valence-electron chi connectivity index (χ2n) is 3.72. The quantitative estimate of drug-likeness (QED) is 0.729. The minimum Gasteiger partial charge on any atom is -0.508 e. The summed E-state index contributed by atoms with van der Waals surface area (Å²) in [5, 5.41) is 9.22. The fourth-order valence-electron chi connectivity index (χ4n) is 1.50. The fraction of sp³-hybridized carbons (Fsp3) is 0.286. The molecule has 0 radical (unpaired) electrons. The summed E-state index contributed by atoms with van der Waals surface area (Å²) < 4.78 is 0. The molecule has 0 aliphatic heterocycles. The van der Waals surface area contributed by atoms with E-state index >= 15 is 0 Å². The molecule has 0 aliphatic carbocycles. The minimum absolute atomic E-state index is 0.102. The van der Waals surface area contributed by atoms with Gasteiger partial charge in [-0.25, -0.2) is 0 Å². The second-order valence-corrected chi connectivity index (χ2v) is 3.72. The predicted molar refractivity (Wildman–Crippen MR) is 70.6 cm³/mol. The third-order valence-electron chi connectivity index (χ3n) is 2.51. The van der Waals surface area contributed by atoms with Gasteiger partial charge in [0.1, 0.15) is 5.76 Å². The lowest BCUT2D eigenvalue weighted by Gasteiger charge is -2.19. The zero-order chi connectivity index (χ0) is 12.0. The van der Waals surface area contributed by atoms with Gasteiger partial charge in [0.15, 0.2) is 0 Å². The fourth-order valence-corrected chi connectivity index (χ4v) is 1.50. The van der Waals surface area contributed by atoms with Crippen LogP contribution in [0.25, 0.3) is 5.76 Å². The van der Waals surface area contributed by atoms with Crippen LogP contribution in [0.15, 0.2) is 43.6 Å². The highest BCUT2D eigenvalue weighted by Gasteiger charge is 2.02. The molecule has 1 aromatic rings. The van der Waals surface area contributed by atoms with Gasteiger partial charge in [-0.05, 0) is 36.9 Å². The average Bonchev–Trinajstić information content (AvgIpc) is 2.30. The highest BCUT2D eigenvalue weighted by Crippen LogP contribution is 2.18. The lowest BCUT2D eigenvalue weighted by molar-refractivity contribution is 0.514. The van der Waals surface area contributed by atoms with Crippen molar-refractivity contribution in [2.24, 2.45) is 0 Å². The number of anilines is 1. The van der Waals surface area contributed by atoms with E-state index in [0.717, 1.165) is 30.6 Å². The van der Waals surface area contributed by atoms with Crippen molar-refractivity contribution >= 4 is 11.4 Å². The molecule has 0 unspecified atom stereocenters. The molecule has 2 heteroatoms. The van der Waals surface area contributed by atoms with Crippen molar-refractivity contribution in [2.75, 3.05) is 11.4 Å². The normalized spacial score (nSPS) is 9.81. The van der Waals surface area contributed by atoms with Gasteiger partial charge in [0, 0.05) is 17.8 Å². The Morgan fingerprint density at radius 2 is 2.00 bits per heavy atom. The summed E-state index contributed by atoms with van der Waals surface area (Å²) in [6, 6.07) is 7.66. The molecule has 2 nitrogen and oxygen atoms in total. The van der Waals surface area contributed by atoms with Crippen molar-refractivity contribution in [3.63, 3.8) is 0 Å². The van der Waals surface area contributed by atoms with Gasteiger partial charge < -0.3 is 10.0 Å². The van der Waals surface area contributed by atoms with Crippen LogP contribution in [0.5, 0.6) is 0 Å². The van der Waals surface area contributed by atoms with Crippen LogP contribution in [0.2, 0.25) is 0 Å². The Bertz CT molecular complexity index is 354. The van der Waals surface area contributed by atoms with Crippen molar-refractivity contribution in [3.8, 4) is 0 Å². The van der Waals surface area contributed by atoms with Gasteiger partial charge >= 0.3 is 0 Å². The number of rotatable bonds is 6. The van der Waals surface area contributed by atoms with E-state index in [1.54, 1.807) is 0 Å². The number of aliphatic hydroxyl groups is 1. The zero-order valence-corrected chi connectivity index (χ0v) is 9.82. The third kappa shape index (κ3) is 3.16. The molecule has 0 aliphatic rings. The summed E-state index contributed by atoms with van der Waals surface area (Å²) in [5.74, 6) is 0.102. The summed E-state index contributed by atoms with van der Waals surface area (Å²) in [4.78, 5) is 2.10. The third-order valence-corrected chi connectivity index (χ3v) is 2.51. The van der Waals surface area contributed by atoms with Crippen molar-refractivity contribution in [2.45, 2.75) is 19.8 Å². The van der Waals surface area contributed by atoms with Crippen molar-refractivity contribution in [1.29, 1.82) is 0 Å². The van der Waals surface area contributed by atoms with Gasteiger partial charge in [0.2, 0.25) is 0 Å². The topological polar surface area (TPSA) is 23.5 Å². The van der Waals surface area contributed by atoms with Crippen LogP contribution in [0.4, 0.5) is 5.69 Å². The van der Waals surface area contributed by atoms with Crippen LogP contribution in [-0.2, 0) is 0 Å². The first-order chi connectivity index (χ1) is 7.69. The highest BCUT2D eigenvalue weighted by atomic mass is 16.3. The van der Waals surface area contributed by atoms with Gasteiger partial charge in [-0.1, -0.05) is 26.5 Å². The largest absolute Gasteiger partial charge is 0.508 e. The number of hydrogen-bond acceptors (Lipinski definition) is 2. The van der Waals surface area contributed by atoms with E-state index in [-0.39, 0.29) is 5.76 Å². The lowest BCUT2D eigenvalue weighted by atomic mass is 10.1. The number of benzene rings is 1. The monoisotopic (exact) mass is 217 g/mol. The molecule has 1 aromatic carbocycles. The summed E-state index contributed by atoms with van der Waals surface area (Å²) in [5.41, 5.74) is 1.84. The van der Waals surface area contributed by atoms with E-state index in [9.17, 15) is 5.11 Å². The van der Waals surface area contributed by atoms with Crippen LogP contribution in [-0.4, -0.2) is 11.7 Å². The molecular formula is C14H19NO. The standard InChI is InChI=1S/C14H19NO/c1-4-6-11-15(5-2)14-9-7-13(8-10-14)12(3)16/h5,7-10,16H,2-4,6,11H2,1H3. The molecule has 0 bridgehead atoms. The molecule has 0 saturated heterocycles. The minimum atomic E-state index is 0.102. The molecule has 0 amide bonds. The van der Waals surface area contributed by atoms with Crippen LogP contribution in [0.1, 0.15) is 25.3 Å². The number of nitrogens with zero attached hydrogens (tertiary/aromatic N) is 1. The van der Waals surface area contributed by atoms with E-state index in [1.165, 1.54) is 0 Å². The van der Waals surface area contributed by atoms with Gasteiger partial charge in [0.05, 0.1) is 0 Å². The van der Waals surface area contributed by atoms with Crippen molar-refractivity contribution in [3.05, 3.63) is 49.2 Å². The lowest BCUT2D eigenvalue weighted by Crippen LogP contribution is -2.16. The number of hydrogen-bond donors (Lipinski definition) is 1. The Balaban J connectivity index is 2.78. The molecule has 0 saturated carbocycles. The zero-order valence-electron chi connectivity index (χ0n) is 9.82. The molecule has 0 heterocycles. The summed E-state index contributed by atoms with van der Waals surface area (Å²) in [6.07, 6.45) is 4.13. The Kier molecular flexibility index (Phi) is 4.65. The molecule has 1 N–H and O–H groups in total. The number of aliphatic hydroxyl groups excluding tert-OH is 1. The first-order valence-electron chi connectivity index (χ1n) is 5.56. The first kappa shape index (κ1) is 12.4. The Labute approximate surface area is 97.5 Å². The molecule has 16 heavy (non-hydrogen) atoms. The second kappa shape index (κ2) is 6.01. The van der Waals surface area contributed by atoms with Crippen LogP contribution in [0.3, 0.4) is 0 Å². The maximum atomic E-state index is 9.22. The Morgan fingerprint density at radius 1 is 1.38 bits per heavy atom. The van der Waals surface area contributed by atoms with Crippen LogP contribution >= 0.6 is 0 Å². The smallest absolute Gasteiger partial charge is 0.115 e. The Morgan fingerprint density at radius 3 is 2.44 bits per heavy atom. The average molecular weight is 217 g/mol.